The van der Waals surface area contributed by atoms with Crippen molar-refractivity contribution < 1.29 is 0 Å². The highest BCUT2D eigenvalue weighted by Crippen LogP contribution is 2.52. The molecular formula is C21H24N2S. The Hall–Kier alpha value is -1.66. The van der Waals surface area contributed by atoms with E-state index in [-0.39, 0.29) is 5.41 Å². The van der Waals surface area contributed by atoms with E-state index in [0.29, 0.717) is 5.56 Å². The second-order valence-electron chi connectivity index (χ2n) is 8.23. The molecule has 3 heteroatoms. The van der Waals surface area contributed by atoms with Gasteiger partial charge in [0.05, 0.1) is 21.5 Å². The van der Waals surface area contributed by atoms with Crippen LogP contribution in [0.4, 0.5) is 0 Å². The smallest absolute Gasteiger partial charge is 0.0991 e. The summed E-state index contributed by atoms with van der Waals surface area (Å²) in [5, 5.41) is 10.3. The van der Waals surface area contributed by atoms with Gasteiger partial charge in [-0.3, -0.25) is 0 Å². The van der Waals surface area contributed by atoms with E-state index in [0.717, 1.165) is 17.8 Å². The van der Waals surface area contributed by atoms with Gasteiger partial charge < -0.3 is 0 Å². The zero-order valence-electron chi connectivity index (χ0n) is 14.5. The van der Waals surface area contributed by atoms with Gasteiger partial charge >= 0.3 is 0 Å². The Morgan fingerprint density at radius 1 is 1.12 bits per heavy atom. The van der Waals surface area contributed by atoms with Gasteiger partial charge in [0.1, 0.15) is 0 Å². The maximum Gasteiger partial charge on any atom is 0.0991 e. The Bertz CT molecular complexity index is 750. The molecule has 2 saturated carbocycles. The zero-order valence-corrected chi connectivity index (χ0v) is 15.3. The number of hydrogen-bond donors (Lipinski definition) is 0. The van der Waals surface area contributed by atoms with Crippen LogP contribution in [-0.4, -0.2) is 4.98 Å². The Balaban J connectivity index is 1.59. The van der Waals surface area contributed by atoms with Crippen LogP contribution in [0.5, 0.6) is 0 Å². The number of aromatic nitrogens is 1. The molecule has 2 bridgehead atoms. The molecule has 0 amide bonds. The van der Waals surface area contributed by atoms with Crippen LogP contribution in [0.2, 0.25) is 0 Å². The van der Waals surface area contributed by atoms with E-state index >= 15 is 0 Å². The van der Waals surface area contributed by atoms with Crippen molar-refractivity contribution in [2.45, 2.75) is 51.4 Å². The first-order valence-electron chi connectivity index (χ1n) is 9.02. The fraction of sp³-hybridized carbons (Fsp3) is 0.524. The first-order valence-corrected chi connectivity index (χ1v) is 9.84. The summed E-state index contributed by atoms with van der Waals surface area (Å²) in [6, 6.07) is 10.0. The average molecular weight is 337 g/mol. The van der Waals surface area contributed by atoms with Gasteiger partial charge in [-0.05, 0) is 67.6 Å². The molecule has 2 fully saturated rings. The van der Waals surface area contributed by atoms with Crippen molar-refractivity contribution in [2.75, 3.05) is 0 Å². The number of hydrogen-bond acceptors (Lipinski definition) is 3. The van der Waals surface area contributed by atoms with Gasteiger partial charge in [-0.15, -0.1) is 11.3 Å². The molecule has 24 heavy (non-hydrogen) atoms. The Morgan fingerprint density at radius 2 is 1.79 bits per heavy atom. The summed E-state index contributed by atoms with van der Waals surface area (Å²) in [5.74, 6) is 2.68. The van der Waals surface area contributed by atoms with Crippen LogP contribution in [-0.2, 0) is 5.41 Å². The Morgan fingerprint density at radius 3 is 2.42 bits per heavy atom. The minimum Gasteiger partial charge on any atom is -0.248 e. The molecule has 1 heterocycles. The maximum absolute atomic E-state index is 8.94. The molecular weight excluding hydrogens is 312 g/mol. The van der Waals surface area contributed by atoms with Gasteiger partial charge in [0, 0.05) is 11.6 Å². The van der Waals surface area contributed by atoms with Crippen LogP contribution >= 0.6 is 11.3 Å². The Labute approximate surface area is 148 Å². The molecule has 2 aliphatic carbocycles. The van der Waals surface area contributed by atoms with Crippen LogP contribution in [0.3, 0.4) is 0 Å². The lowest BCUT2D eigenvalue weighted by Crippen LogP contribution is -2.38. The molecule has 2 unspecified atom stereocenters. The lowest BCUT2D eigenvalue weighted by molar-refractivity contribution is 0.0897. The summed E-state index contributed by atoms with van der Waals surface area (Å²) in [7, 11) is 0. The molecule has 2 nitrogen and oxygen atoms in total. The number of benzene rings is 1. The van der Waals surface area contributed by atoms with Gasteiger partial charge in [-0.25, -0.2) is 4.98 Å². The van der Waals surface area contributed by atoms with Crippen molar-refractivity contribution in [3.63, 3.8) is 0 Å². The first-order chi connectivity index (χ1) is 11.6. The third-order valence-corrected chi connectivity index (χ3v) is 7.29. The summed E-state index contributed by atoms with van der Waals surface area (Å²) < 4.78 is 0. The highest BCUT2D eigenvalue weighted by molar-refractivity contribution is 7.15. The third kappa shape index (κ3) is 2.89. The Kier molecular flexibility index (Phi) is 3.96. The molecule has 2 atom stereocenters. The van der Waals surface area contributed by atoms with Gasteiger partial charge in [0.25, 0.3) is 0 Å². The molecule has 4 rings (SSSR count). The zero-order chi connectivity index (χ0) is 16.7. The normalized spacial score (nSPS) is 32.3. The van der Waals surface area contributed by atoms with Crippen molar-refractivity contribution in [2.24, 2.45) is 17.8 Å². The van der Waals surface area contributed by atoms with E-state index in [2.05, 4.69) is 19.9 Å². The number of thiazole rings is 1. The van der Waals surface area contributed by atoms with Gasteiger partial charge in [-0.2, -0.15) is 5.26 Å². The molecule has 2 aromatic rings. The van der Waals surface area contributed by atoms with Crippen molar-refractivity contribution in [3.8, 4) is 16.5 Å². The van der Waals surface area contributed by atoms with E-state index in [1.54, 1.807) is 0 Å². The number of nitrogens with zero attached hydrogens (tertiary/aromatic N) is 2. The van der Waals surface area contributed by atoms with Crippen molar-refractivity contribution >= 4 is 11.3 Å². The standard InChI is InChI=1S/C21H24N2S/c1-14-7-16-9-17(8-14)11-21(2,10-16)20-23-13-19(24-20)18-5-3-15(12-22)4-6-18/h3-6,13-14,16-17H,7-11H2,1-2H3. The lowest BCUT2D eigenvalue weighted by Gasteiger charge is -2.46. The van der Waals surface area contributed by atoms with E-state index < -0.39 is 0 Å². The second kappa shape index (κ2) is 6.01. The van der Waals surface area contributed by atoms with Crippen molar-refractivity contribution in [1.29, 1.82) is 5.26 Å². The van der Waals surface area contributed by atoms with Crippen molar-refractivity contribution in [3.05, 3.63) is 41.0 Å². The second-order valence-corrected chi connectivity index (χ2v) is 9.26. The summed E-state index contributed by atoms with van der Waals surface area (Å²) in [6.07, 6.45) is 8.87. The number of nitriles is 1. The molecule has 1 aromatic carbocycles. The van der Waals surface area contributed by atoms with Crippen molar-refractivity contribution in [1.82, 2.24) is 4.98 Å². The van der Waals surface area contributed by atoms with Gasteiger partial charge in [0.15, 0.2) is 0 Å². The maximum atomic E-state index is 8.94. The number of fused-ring (bicyclic) bond motifs is 2. The minimum atomic E-state index is 0.253. The van der Waals surface area contributed by atoms with Crippen LogP contribution in [0.25, 0.3) is 10.4 Å². The van der Waals surface area contributed by atoms with Crippen LogP contribution in [0.1, 0.15) is 56.5 Å². The highest BCUT2D eigenvalue weighted by Gasteiger charge is 2.43. The summed E-state index contributed by atoms with van der Waals surface area (Å²) in [6.45, 7) is 4.86. The van der Waals surface area contributed by atoms with E-state index in [1.165, 1.54) is 47.6 Å². The monoisotopic (exact) mass is 336 g/mol. The van der Waals surface area contributed by atoms with E-state index in [4.69, 9.17) is 10.2 Å². The first kappa shape index (κ1) is 15.8. The van der Waals surface area contributed by atoms with Gasteiger partial charge in [0.2, 0.25) is 0 Å². The van der Waals surface area contributed by atoms with E-state index in [1.807, 2.05) is 41.8 Å². The van der Waals surface area contributed by atoms with Crippen LogP contribution < -0.4 is 0 Å². The molecule has 0 radical (unpaired) electrons. The summed E-state index contributed by atoms with van der Waals surface area (Å²) in [5.41, 5.74) is 2.14. The minimum absolute atomic E-state index is 0.253. The molecule has 0 saturated heterocycles. The fourth-order valence-corrected chi connectivity index (χ4v) is 6.25. The highest BCUT2D eigenvalue weighted by atomic mass is 32.1. The largest absolute Gasteiger partial charge is 0.248 e. The third-order valence-electron chi connectivity index (χ3n) is 5.94. The average Bonchev–Trinajstić information content (AvgIpc) is 3.04. The molecule has 0 spiro atoms. The number of rotatable bonds is 2. The van der Waals surface area contributed by atoms with Crippen LogP contribution in [0.15, 0.2) is 30.5 Å². The van der Waals surface area contributed by atoms with E-state index in [9.17, 15) is 0 Å². The summed E-state index contributed by atoms with van der Waals surface area (Å²) >= 11 is 1.85. The topological polar surface area (TPSA) is 36.7 Å². The predicted molar refractivity (Wildman–Crippen MR) is 98.8 cm³/mol. The summed E-state index contributed by atoms with van der Waals surface area (Å²) in [4.78, 5) is 6.05. The fourth-order valence-electron chi connectivity index (χ4n) is 5.16. The molecule has 1 aromatic heterocycles. The molecule has 2 aliphatic rings. The molecule has 0 N–H and O–H groups in total. The predicted octanol–water partition coefficient (Wildman–Crippen LogP) is 5.79. The van der Waals surface area contributed by atoms with Crippen LogP contribution in [0, 0.1) is 29.1 Å². The quantitative estimate of drug-likeness (QED) is 0.696. The SMILES string of the molecule is CC1CC2CC(C1)CC(C)(c1ncc(-c3ccc(C#N)cc3)s1)C2. The van der Waals surface area contributed by atoms with Gasteiger partial charge in [-0.1, -0.05) is 26.0 Å². The molecule has 124 valence electrons. The lowest BCUT2D eigenvalue weighted by atomic mass is 9.60. The molecule has 0 aliphatic heterocycles.